The van der Waals surface area contributed by atoms with Crippen LogP contribution in [0.3, 0.4) is 0 Å². The first-order chi connectivity index (χ1) is 14.6. The van der Waals surface area contributed by atoms with Crippen molar-refractivity contribution in [3.63, 3.8) is 0 Å². The number of nitrogens with one attached hydrogen (secondary N) is 1. The summed E-state index contributed by atoms with van der Waals surface area (Å²) < 4.78 is 5.40. The van der Waals surface area contributed by atoms with Crippen LogP contribution < -0.4 is 20.7 Å². The summed E-state index contributed by atoms with van der Waals surface area (Å²) in [6.07, 6.45) is 1.95. The number of likely N-dealkylation sites (N-methyl/N-ethyl adjacent to an activating group) is 1. The second-order valence-corrected chi connectivity index (χ2v) is 8.35. The number of nitrogens with zero attached hydrogens (tertiary/aromatic N) is 3. The minimum Gasteiger partial charge on any atom is -0.497 e. The number of methoxy groups -OCH3 is 1. The lowest BCUT2D eigenvalue weighted by Gasteiger charge is -2.34. The molecule has 3 aliphatic rings. The van der Waals surface area contributed by atoms with Gasteiger partial charge in [-0.05, 0) is 66.9 Å². The van der Waals surface area contributed by atoms with E-state index in [1.54, 1.807) is 7.11 Å². The average Bonchev–Trinajstić information content (AvgIpc) is 2.78. The zero-order chi connectivity index (χ0) is 20.7. The molecule has 2 heterocycles. The molecule has 5 rings (SSSR count). The Balaban J connectivity index is 1.45. The highest BCUT2D eigenvalue weighted by Crippen LogP contribution is 2.41. The van der Waals surface area contributed by atoms with E-state index in [2.05, 4.69) is 58.6 Å². The Morgan fingerprint density at radius 1 is 1.03 bits per heavy atom. The predicted molar refractivity (Wildman–Crippen MR) is 122 cm³/mol. The zero-order valence-corrected chi connectivity index (χ0v) is 17.7. The normalized spacial score (nSPS) is 21.5. The SMILES string of the molecule is COc1ccc2c(c1)CCC1=C2NC(N)=NC1c1ccc(N2CCN(C)CC2)cc1. The molecule has 0 radical (unpaired) electrons. The number of aryl methyl sites for hydroxylation is 1. The van der Waals surface area contributed by atoms with E-state index in [1.165, 1.54) is 28.0 Å². The van der Waals surface area contributed by atoms with E-state index in [0.717, 1.165) is 50.5 Å². The number of hydrogen-bond donors (Lipinski definition) is 2. The van der Waals surface area contributed by atoms with Crippen LogP contribution in [-0.2, 0) is 6.42 Å². The van der Waals surface area contributed by atoms with E-state index >= 15 is 0 Å². The number of nitrogens with two attached hydrogens (primary N) is 1. The lowest BCUT2D eigenvalue weighted by Crippen LogP contribution is -2.44. The van der Waals surface area contributed by atoms with Crippen molar-refractivity contribution in [1.82, 2.24) is 10.2 Å². The van der Waals surface area contributed by atoms with Crippen molar-refractivity contribution >= 4 is 17.3 Å². The second-order valence-electron chi connectivity index (χ2n) is 8.35. The first-order valence-electron chi connectivity index (χ1n) is 10.7. The fraction of sp³-hybridized carbons (Fsp3) is 0.375. The Kier molecular flexibility index (Phi) is 4.87. The van der Waals surface area contributed by atoms with Crippen LogP contribution in [-0.4, -0.2) is 51.2 Å². The number of ether oxygens (including phenoxy) is 1. The Morgan fingerprint density at radius 3 is 2.53 bits per heavy atom. The maximum absolute atomic E-state index is 6.21. The van der Waals surface area contributed by atoms with Gasteiger partial charge in [0, 0.05) is 37.4 Å². The number of hydrogen-bond acceptors (Lipinski definition) is 6. The molecule has 0 saturated carbocycles. The number of rotatable bonds is 3. The molecule has 30 heavy (non-hydrogen) atoms. The van der Waals surface area contributed by atoms with Gasteiger partial charge in [-0.2, -0.15) is 0 Å². The Morgan fingerprint density at radius 2 is 1.80 bits per heavy atom. The van der Waals surface area contributed by atoms with Gasteiger partial charge in [-0.15, -0.1) is 0 Å². The maximum Gasteiger partial charge on any atom is 0.194 e. The van der Waals surface area contributed by atoms with Gasteiger partial charge < -0.3 is 25.6 Å². The Bertz CT molecular complexity index is 1000. The molecule has 2 aromatic rings. The van der Waals surface area contributed by atoms with Gasteiger partial charge in [-0.1, -0.05) is 12.1 Å². The average molecular weight is 404 g/mol. The molecule has 0 spiro atoms. The van der Waals surface area contributed by atoms with Crippen LogP contribution in [0.2, 0.25) is 0 Å². The first kappa shape index (κ1) is 19.0. The number of aliphatic imine (C=N–C) groups is 1. The van der Waals surface area contributed by atoms with Gasteiger partial charge in [0.25, 0.3) is 0 Å². The third-order valence-corrected chi connectivity index (χ3v) is 6.50. The standard InChI is InChI=1S/C24H29N5O/c1-28-11-13-29(14-12-28)18-6-3-16(4-7-18)22-21-9-5-17-15-19(30-2)8-10-20(17)23(21)27-24(25)26-22/h3-4,6-8,10,15,22H,5,9,11-14H2,1-2H3,(H3,25,26,27). The van der Waals surface area contributed by atoms with Gasteiger partial charge >= 0.3 is 0 Å². The van der Waals surface area contributed by atoms with Crippen LogP contribution in [0, 0.1) is 0 Å². The van der Waals surface area contributed by atoms with E-state index < -0.39 is 0 Å². The van der Waals surface area contributed by atoms with Gasteiger partial charge in [0.2, 0.25) is 0 Å². The third kappa shape index (κ3) is 3.41. The maximum atomic E-state index is 6.21. The highest BCUT2D eigenvalue weighted by molar-refractivity contribution is 5.92. The summed E-state index contributed by atoms with van der Waals surface area (Å²) in [7, 11) is 3.89. The molecule has 156 valence electrons. The first-order valence-corrected chi connectivity index (χ1v) is 10.7. The third-order valence-electron chi connectivity index (χ3n) is 6.50. The van der Waals surface area contributed by atoms with Crippen LogP contribution >= 0.6 is 0 Å². The van der Waals surface area contributed by atoms with E-state index in [-0.39, 0.29) is 6.04 Å². The molecule has 2 aromatic carbocycles. The fourth-order valence-electron chi connectivity index (χ4n) is 4.72. The molecule has 6 nitrogen and oxygen atoms in total. The van der Waals surface area contributed by atoms with E-state index in [1.807, 2.05) is 6.07 Å². The van der Waals surface area contributed by atoms with Gasteiger partial charge in [-0.25, -0.2) is 4.99 Å². The van der Waals surface area contributed by atoms with Crippen molar-refractivity contribution in [3.8, 4) is 5.75 Å². The number of fused-ring (bicyclic) bond motifs is 2. The number of benzene rings is 2. The van der Waals surface area contributed by atoms with Gasteiger partial charge in [0.1, 0.15) is 11.8 Å². The minimum atomic E-state index is -0.0296. The molecule has 2 aliphatic heterocycles. The Labute approximate surface area is 178 Å². The second kappa shape index (κ2) is 7.69. The minimum absolute atomic E-state index is 0.0296. The van der Waals surface area contributed by atoms with Crippen molar-refractivity contribution in [2.45, 2.75) is 18.9 Å². The monoisotopic (exact) mass is 403 g/mol. The smallest absolute Gasteiger partial charge is 0.194 e. The molecule has 1 unspecified atom stereocenters. The van der Waals surface area contributed by atoms with Gasteiger partial charge in [-0.3, -0.25) is 0 Å². The van der Waals surface area contributed by atoms with Crippen molar-refractivity contribution in [1.29, 1.82) is 0 Å². The van der Waals surface area contributed by atoms with Crippen LogP contribution in [0.5, 0.6) is 5.75 Å². The van der Waals surface area contributed by atoms with Crippen molar-refractivity contribution < 1.29 is 4.74 Å². The van der Waals surface area contributed by atoms with Crippen molar-refractivity contribution in [2.24, 2.45) is 10.7 Å². The topological polar surface area (TPSA) is 66.1 Å². The van der Waals surface area contributed by atoms with Gasteiger partial charge in [0.05, 0.1) is 12.8 Å². The lowest BCUT2D eigenvalue weighted by atomic mass is 9.83. The van der Waals surface area contributed by atoms with E-state index in [9.17, 15) is 0 Å². The predicted octanol–water partition coefficient (Wildman–Crippen LogP) is 2.76. The summed E-state index contributed by atoms with van der Waals surface area (Å²) in [4.78, 5) is 9.61. The lowest BCUT2D eigenvalue weighted by molar-refractivity contribution is 0.313. The molecule has 0 aromatic heterocycles. The molecule has 1 aliphatic carbocycles. The quantitative estimate of drug-likeness (QED) is 0.825. The summed E-state index contributed by atoms with van der Waals surface area (Å²) in [5, 5.41) is 3.33. The van der Waals surface area contributed by atoms with Gasteiger partial charge in [0.15, 0.2) is 5.96 Å². The van der Waals surface area contributed by atoms with Crippen molar-refractivity contribution in [3.05, 3.63) is 64.7 Å². The molecule has 6 heteroatoms. The molecule has 0 bridgehead atoms. The molecule has 1 atom stereocenters. The zero-order valence-electron chi connectivity index (χ0n) is 17.7. The highest BCUT2D eigenvalue weighted by Gasteiger charge is 2.30. The van der Waals surface area contributed by atoms with Crippen LogP contribution in [0.15, 0.2) is 53.0 Å². The number of piperazine rings is 1. The summed E-state index contributed by atoms with van der Waals surface area (Å²) in [5.41, 5.74) is 13.6. The molecule has 1 saturated heterocycles. The van der Waals surface area contributed by atoms with Crippen LogP contribution in [0.1, 0.15) is 29.2 Å². The summed E-state index contributed by atoms with van der Waals surface area (Å²) in [5.74, 6) is 1.37. The van der Waals surface area contributed by atoms with E-state index in [4.69, 9.17) is 15.5 Å². The van der Waals surface area contributed by atoms with Crippen LogP contribution in [0.4, 0.5) is 5.69 Å². The summed E-state index contributed by atoms with van der Waals surface area (Å²) in [6, 6.07) is 15.1. The molecular weight excluding hydrogens is 374 g/mol. The molecule has 0 amide bonds. The van der Waals surface area contributed by atoms with Crippen molar-refractivity contribution in [2.75, 3.05) is 45.2 Å². The molecular formula is C24H29N5O. The number of guanidine groups is 1. The number of anilines is 1. The highest BCUT2D eigenvalue weighted by atomic mass is 16.5. The molecule has 1 fully saturated rings. The summed E-state index contributed by atoms with van der Waals surface area (Å²) in [6.45, 7) is 4.36. The fourth-order valence-corrected chi connectivity index (χ4v) is 4.72. The van der Waals surface area contributed by atoms with E-state index in [0.29, 0.717) is 5.96 Å². The molecule has 3 N–H and O–H groups in total. The summed E-state index contributed by atoms with van der Waals surface area (Å²) >= 11 is 0. The largest absolute Gasteiger partial charge is 0.497 e. The Hall–Kier alpha value is -2.99. The van der Waals surface area contributed by atoms with Crippen LogP contribution in [0.25, 0.3) is 5.70 Å².